The van der Waals surface area contributed by atoms with E-state index in [0.29, 0.717) is 57.9 Å². The molecule has 0 saturated carbocycles. The summed E-state index contributed by atoms with van der Waals surface area (Å²) in [5, 5.41) is 4.02. The summed E-state index contributed by atoms with van der Waals surface area (Å²) in [4.78, 5) is 37.2. The van der Waals surface area contributed by atoms with Crippen LogP contribution in [-0.4, -0.2) is 77.8 Å². The number of morpholine rings is 1. The lowest BCUT2D eigenvalue weighted by Gasteiger charge is -2.27. The van der Waals surface area contributed by atoms with Gasteiger partial charge in [0.05, 0.1) is 25.7 Å². The second-order valence-electron chi connectivity index (χ2n) is 6.63. The number of aryl methyl sites for hydroxylation is 1. The van der Waals surface area contributed by atoms with Crippen LogP contribution in [0.3, 0.4) is 0 Å². The lowest BCUT2D eigenvalue weighted by molar-refractivity contribution is -0.131. The predicted molar refractivity (Wildman–Crippen MR) is 88.9 cm³/mol. The third-order valence-corrected chi connectivity index (χ3v) is 5.04. The monoisotopic (exact) mass is 346 g/mol. The van der Waals surface area contributed by atoms with E-state index in [1.165, 1.54) is 0 Å². The number of amides is 2. The summed E-state index contributed by atoms with van der Waals surface area (Å²) in [6, 6.07) is 3.90. The molecule has 2 saturated heterocycles. The van der Waals surface area contributed by atoms with E-state index in [9.17, 15) is 9.59 Å². The van der Waals surface area contributed by atoms with Gasteiger partial charge in [0.25, 0.3) is 5.91 Å². The van der Waals surface area contributed by atoms with Crippen molar-refractivity contribution in [3.05, 3.63) is 24.0 Å². The Morgan fingerprint density at radius 1 is 1.24 bits per heavy atom. The Morgan fingerprint density at radius 3 is 2.84 bits per heavy atom. The number of hydrogen-bond acceptors (Lipinski definition) is 5. The first-order valence-electron chi connectivity index (χ1n) is 8.73. The molecule has 0 aliphatic carbocycles. The summed E-state index contributed by atoms with van der Waals surface area (Å²) >= 11 is 0. The van der Waals surface area contributed by atoms with Crippen molar-refractivity contribution in [3.8, 4) is 0 Å². The zero-order valence-electron chi connectivity index (χ0n) is 14.0. The summed E-state index contributed by atoms with van der Waals surface area (Å²) in [5.41, 5.74) is 1.50. The molecule has 4 rings (SSSR count). The number of rotatable bonds is 4. The van der Waals surface area contributed by atoms with E-state index >= 15 is 0 Å². The smallest absolute Gasteiger partial charge is 0.272 e. The lowest BCUT2D eigenvalue weighted by atomic mass is 10.00. The van der Waals surface area contributed by atoms with Crippen molar-refractivity contribution in [3.63, 3.8) is 0 Å². The number of aromatic amines is 1. The van der Waals surface area contributed by atoms with E-state index in [0.717, 1.165) is 5.69 Å². The maximum Gasteiger partial charge on any atom is 0.272 e. The van der Waals surface area contributed by atoms with E-state index in [-0.39, 0.29) is 23.8 Å². The molecule has 4 heterocycles. The minimum Gasteiger partial charge on any atom is -0.389 e. The maximum absolute atomic E-state index is 12.7. The van der Waals surface area contributed by atoms with Gasteiger partial charge in [0, 0.05) is 37.9 Å². The molecule has 0 aromatic carbocycles. The number of carbonyl (C=O) groups excluding carboxylic acids is 2. The van der Waals surface area contributed by atoms with Gasteiger partial charge >= 0.3 is 0 Å². The van der Waals surface area contributed by atoms with Gasteiger partial charge in [-0.15, -0.1) is 0 Å². The van der Waals surface area contributed by atoms with Crippen LogP contribution in [0.2, 0.25) is 0 Å². The van der Waals surface area contributed by atoms with Crippen LogP contribution in [-0.2, 0) is 25.6 Å². The summed E-state index contributed by atoms with van der Waals surface area (Å²) in [6.07, 6.45) is 2.79. The average Bonchev–Trinajstić information content (AvgIpc) is 3.36. The average molecular weight is 346 g/mol. The lowest BCUT2D eigenvalue weighted by Crippen LogP contribution is -2.46. The van der Waals surface area contributed by atoms with Gasteiger partial charge in [-0.05, 0) is 18.6 Å². The molecule has 2 amide bonds. The minimum atomic E-state index is -0.200. The molecule has 0 bridgehead atoms. The van der Waals surface area contributed by atoms with Crippen molar-refractivity contribution in [1.29, 1.82) is 0 Å². The highest BCUT2D eigenvalue weighted by atomic mass is 16.6. The van der Waals surface area contributed by atoms with Gasteiger partial charge < -0.3 is 24.4 Å². The Hall–Kier alpha value is -2.35. The van der Waals surface area contributed by atoms with Crippen molar-refractivity contribution in [2.45, 2.75) is 18.9 Å². The Kier molecular flexibility index (Phi) is 4.44. The first kappa shape index (κ1) is 16.1. The van der Waals surface area contributed by atoms with Crippen molar-refractivity contribution in [1.82, 2.24) is 14.8 Å². The molecular formula is C17H22N4O4. The Morgan fingerprint density at radius 2 is 2.08 bits per heavy atom. The van der Waals surface area contributed by atoms with E-state index < -0.39 is 0 Å². The highest BCUT2D eigenvalue weighted by Crippen LogP contribution is 2.28. The van der Waals surface area contributed by atoms with Crippen molar-refractivity contribution >= 4 is 17.5 Å². The van der Waals surface area contributed by atoms with Gasteiger partial charge in [-0.2, -0.15) is 0 Å². The first-order valence-corrected chi connectivity index (χ1v) is 8.73. The number of likely N-dealkylation sites (tertiary alicyclic amines) is 1. The first-order chi connectivity index (χ1) is 12.2. The van der Waals surface area contributed by atoms with E-state index in [1.807, 2.05) is 18.3 Å². The maximum atomic E-state index is 12.7. The van der Waals surface area contributed by atoms with Crippen molar-refractivity contribution < 1.29 is 19.2 Å². The molecule has 0 radical (unpaired) electrons. The molecule has 0 unspecified atom stereocenters. The van der Waals surface area contributed by atoms with Crippen LogP contribution in [0.1, 0.15) is 12.1 Å². The Balaban J connectivity index is 1.34. The molecule has 3 aliphatic rings. The van der Waals surface area contributed by atoms with Gasteiger partial charge in [-0.1, -0.05) is 5.16 Å². The van der Waals surface area contributed by atoms with Crippen molar-refractivity contribution in [2.75, 3.05) is 39.4 Å². The third kappa shape index (κ3) is 3.26. The SMILES string of the molecule is O=C(CCc1ccc[nH]1)N1C[C@@H]2C(C(=O)N3CCOCC3)=NO[C@@H]2C1. The third-order valence-electron chi connectivity index (χ3n) is 5.04. The summed E-state index contributed by atoms with van der Waals surface area (Å²) in [7, 11) is 0. The summed E-state index contributed by atoms with van der Waals surface area (Å²) in [5.74, 6) is -0.118. The summed E-state index contributed by atoms with van der Waals surface area (Å²) < 4.78 is 5.28. The molecule has 0 spiro atoms. The van der Waals surface area contributed by atoms with Crippen molar-refractivity contribution in [2.24, 2.45) is 11.1 Å². The van der Waals surface area contributed by atoms with Crippen LogP contribution >= 0.6 is 0 Å². The molecule has 2 atom stereocenters. The molecule has 134 valence electrons. The fraction of sp³-hybridized carbons (Fsp3) is 0.588. The van der Waals surface area contributed by atoms with Crippen LogP contribution in [0.25, 0.3) is 0 Å². The number of H-pyrrole nitrogens is 1. The highest BCUT2D eigenvalue weighted by Gasteiger charge is 2.47. The zero-order valence-corrected chi connectivity index (χ0v) is 14.0. The largest absolute Gasteiger partial charge is 0.389 e. The second kappa shape index (κ2) is 6.87. The van der Waals surface area contributed by atoms with Crippen LogP contribution in [0.4, 0.5) is 0 Å². The van der Waals surface area contributed by atoms with Gasteiger partial charge in [-0.3, -0.25) is 9.59 Å². The van der Waals surface area contributed by atoms with E-state index in [4.69, 9.17) is 9.57 Å². The number of carbonyl (C=O) groups is 2. The predicted octanol–water partition coefficient (Wildman–Crippen LogP) is 0.0193. The number of hydrogen-bond donors (Lipinski definition) is 1. The molecular weight excluding hydrogens is 324 g/mol. The number of aromatic nitrogens is 1. The van der Waals surface area contributed by atoms with Gasteiger partial charge in [0.15, 0.2) is 11.8 Å². The number of nitrogens with one attached hydrogen (secondary N) is 1. The quantitative estimate of drug-likeness (QED) is 0.833. The van der Waals surface area contributed by atoms with E-state index in [1.54, 1.807) is 9.80 Å². The van der Waals surface area contributed by atoms with Gasteiger partial charge in [0.2, 0.25) is 5.91 Å². The number of oxime groups is 1. The van der Waals surface area contributed by atoms with Gasteiger partial charge in [0.1, 0.15) is 0 Å². The second-order valence-corrected chi connectivity index (χ2v) is 6.63. The summed E-state index contributed by atoms with van der Waals surface area (Å²) in [6.45, 7) is 3.26. The normalized spacial score (nSPS) is 25.5. The molecule has 1 aromatic rings. The van der Waals surface area contributed by atoms with Crippen LogP contribution < -0.4 is 0 Å². The number of ether oxygens (including phenoxy) is 1. The van der Waals surface area contributed by atoms with E-state index in [2.05, 4.69) is 10.1 Å². The number of fused-ring (bicyclic) bond motifs is 1. The zero-order chi connectivity index (χ0) is 17.2. The standard InChI is InChI=1S/C17H22N4O4/c22-15(4-3-12-2-1-5-18-12)21-10-13-14(11-21)25-19-16(13)17(23)20-6-8-24-9-7-20/h1-2,5,13-14,18H,3-4,6-11H2/t13-,14+/m0/s1. The Labute approximate surface area is 145 Å². The Bertz CT molecular complexity index is 666. The molecule has 8 heteroatoms. The van der Waals surface area contributed by atoms with Crippen LogP contribution in [0, 0.1) is 5.92 Å². The fourth-order valence-electron chi connectivity index (χ4n) is 3.59. The topological polar surface area (TPSA) is 87.2 Å². The highest BCUT2D eigenvalue weighted by molar-refractivity contribution is 6.40. The molecule has 1 aromatic heterocycles. The molecule has 3 aliphatic heterocycles. The molecule has 8 nitrogen and oxygen atoms in total. The molecule has 25 heavy (non-hydrogen) atoms. The van der Waals surface area contributed by atoms with Crippen LogP contribution in [0.5, 0.6) is 0 Å². The minimum absolute atomic E-state index is 0.0866. The van der Waals surface area contributed by atoms with Gasteiger partial charge in [-0.25, -0.2) is 0 Å². The number of nitrogens with zero attached hydrogens (tertiary/aromatic N) is 3. The molecule has 2 fully saturated rings. The van der Waals surface area contributed by atoms with Crippen LogP contribution in [0.15, 0.2) is 23.5 Å². The molecule has 1 N–H and O–H groups in total. The fourth-order valence-corrected chi connectivity index (χ4v) is 3.59.